The van der Waals surface area contributed by atoms with E-state index in [9.17, 15) is 10.2 Å². The second-order valence-corrected chi connectivity index (χ2v) is 3.97. The second kappa shape index (κ2) is 5.99. The fourth-order valence-electron chi connectivity index (χ4n) is 1.65. The molecule has 1 aliphatic carbocycles. The van der Waals surface area contributed by atoms with Gasteiger partial charge in [-0.1, -0.05) is 37.5 Å². The van der Waals surface area contributed by atoms with Gasteiger partial charge in [-0.25, -0.2) is 0 Å². The summed E-state index contributed by atoms with van der Waals surface area (Å²) in [5.41, 5.74) is 0. The van der Waals surface area contributed by atoms with E-state index in [0.717, 1.165) is 19.3 Å². The van der Waals surface area contributed by atoms with E-state index in [-0.39, 0.29) is 0 Å². The fourth-order valence-corrected chi connectivity index (χ4v) is 1.65. The first-order valence-corrected chi connectivity index (χ1v) is 5.50. The van der Waals surface area contributed by atoms with E-state index < -0.39 is 5.79 Å². The lowest BCUT2D eigenvalue weighted by Crippen LogP contribution is -2.24. The lowest BCUT2D eigenvalue weighted by Gasteiger charge is -2.17. The van der Waals surface area contributed by atoms with Crippen molar-refractivity contribution in [2.75, 3.05) is 0 Å². The summed E-state index contributed by atoms with van der Waals surface area (Å²) in [6.07, 6.45) is 14.4. The van der Waals surface area contributed by atoms with Crippen LogP contribution in [-0.4, -0.2) is 16.0 Å². The zero-order valence-electron chi connectivity index (χ0n) is 8.65. The van der Waals surface area contributed by atoms with Gasteiger partial charge in [0.05, 0.1) is 0 Å². The predicted octanol–water partition coefficient (Wildman–Crippen LogP) is 2.52. The molecule has 0 amide bonds. The van der Waals surface area contributed by atoms with E-state index in [2.05, 4.69) is 6.08 Å². The highest BCUT2D eigenvalue weighted by Crippen LogP contribution is 2.16. The van der Waals surface area contributed by atoms with Gasteiger partial charge in [-0.2, -0.15) is 0 Å². The minimum Gasteiger partial charge on any atom is -0.362 e. The Morgan fingerprint density at radius 2 is 1.57 bits per heavy atom. The molecule has 0 heterocycles. The molecule has 1 rings (SSSR count). The van der Waals surface area contributed by atoms with E-state index in [1.54, 1.807) is 6.08 Å². The Labute approximate surface area is 86.0 Å². The van der Waals surface area contributed by atoms with Crippen molar-refractivity contribution in [3.63, 3.8) is 0 Å². The maximum absolute atomic E-state index is 9.49. The first-order chi connectivity index (χ1) is 6.71. The van der Waals surface area contributed by atoms with Crippen molar-refractivity contribution in [2.24, 2.45) is 0 Å². The normalized spacial score (nSPS) is 23.9. The van der Waals surface area contributed by atoms with Gasteiger partial charge in [0.1, 0.15) is 0 Å². The average Bonchev–Trinajstić information content (AvgIpc) is 2.11. The molecule has 0 aromatic carbocycles. The van der Waals surface area contributed by atoms with E-state index in [4.69, 9.17) is 0 Å². The summed E-state index contributed by atoms with van der Waals surface area (Å²) >= 11 is 0. The van der Waals surface area contributed by atoms with Gasteiger partial charge in [-0.15, -0.1) is 0 Å². The number of allylic oxidation sites excluding steroid dienone is 3. The van der Waals surface area contributed by atoms with Gasteiger partial charge >= 0.3 is 0 Å². The Bertz CT molecular complexity index is 204. The maximum Gasteiger partial charge on any atom is 0.182 e. The van der Waals surface area contributed by atoms with Crippen LogP contribution in [0.3, 0.4) is 0 Å². The molecule has 1 aliphatic rings. The van der Waals surface area contributed by atoms with Gasteiger partial charge in [0.2, 0.25) is 0 Å². The quantitative estimate of drug-likeness (QED) is 0.584. The molecule has 0 bridgehead atoms. The maximum atomic E-state index is 9.49. The summed E-state index contributed by atoms with van der Waals surface area (Å²) in [5.74, 6) is -1.61. The monoisotopic (exact) mass is 196 g/mol. The lowest BCUT2D eigenvalue weighted by atomic mass is 10.0. The van der Waals surface area contributed by atoms with Crippen LogP contribution in [-0.2, 0) is 0 Å². The average molecular weight is 196 g/mol. The molecular formula is C12H20O2. The van der Waals surface area contributed by atoms with Crippen LogP contribution in [0.5, 0.6) is 0 Å². The first kappa shape index (κ1) is 11.5. The van der Waals surface area contributed by atoms with Crippen molar-refractivity contribution in [1.29, 1.82) is 0 Å². The zero-order valence-corrected chi connectivity index (χ0v) is 8.65. The predicted molar refractivity (Wildman–Crippen MR) is 57.8 cm³/mol. The second-order valence-electron chi connectivity index (χ2n) is 3.97. The molecule has 0 fully saturated rings. The molecule has 14 heavy (non-hydrogen) atoms. The molecule has 0 saturated heterocycles. The van der Waals surface area contributed by atoms with Gasteiger partial charge in [0, 0.05) is 6.42 Å². The van der Waals surface area contributed by atoms with Gasteiger partial charge < -0.3 is 10.2 Å². The molecule has 0 aliphatic heterocycles. The van der Waals surface area contributed by atoms with Crippen molar-refractivity contribution in [2.45, 2.75) is 50.7 Å². The van der Waals surface area contributed by atoms with E-state index in [1.807, 2.05) is 6.08 Å². The van der Waals surface area contributed by atoms with E-state index in [0.29, 0.717) is 6.42 Å². The minimum absolute atomic E-state index is 0.442. The Hall–Kier alpha value is -0.600. The van der Waals surface area contributed by atoms with Crippen molar-refractivity contribution in [3.05, 3.63) is 24.3 Å². The van der Waals surface area contributed by atoms with Crippen molar-refractivity contribution in [1.82, 2.24) is 0 Å². The summed E-state index contributed by atoms with van der Waals surface area (Å²) < 4.78 is 0. The molecule has 0 aromatic rings. The number of rotatable bonds is 0. The standard InChI is InChI=1S/C12H20O2/c13-12(14)10-8-6-4-2-1-3-5-7-9-11-12/h4,6,8,10,13-14H,1-3,5,7,9,11H2. The molecular weight excluding hydrogens is 176 g/mol. The molecule has 2 heteroatoms. The number of hydrogen-bond acceptors (Lipinski definition) is 2. The van der Waals surface area contributed by atoms with Gasteiger partial charge in [-0.05, 0) is 25.3 Å². The van der Waals surface area contributed by atoms with Crippen molar-refractivity contribution >= 4 is 0 Å². The summed E-state index contributed by atoms with van der Waals surface area (Å²) in [6.45, 7) is 0. The molecule has 0 saturated carbocycles. The Balaban J connectivity index is 2.47. The van der Waals surface area contributed by atoms with Gasteiger partial charge in [0.15, 0.2) is 5.79 Å². The third-order valence-corrected chi connectivity index (χ3v) is 2.53. The fraction of sp³-hybridized carbons (Fsp3) is 0.667. The molecule has 0 radical (unpaired) electrons. The van der Waals surface area contributed by atoms with Crippen LogP contribution in [0, 0.1) is 0 Å². The zero-order chi connectivity index (χ0) is 10.3. The largest absolute Gasteiger partial charge is 0.362 e. The molecule has 0 atom stereocenters. The molecule has 80 valence electrons. The third kappa shape index (κ3) is 5.20. The van der Waals surface area contributed by atoms with Gasteiger partial charge in [-0.3, -0.25) is 0 Å². The van der Waals surface area contributed by atoms with Crippen LogP contribution < -0.4 is 0 Å². The molecule has 2 N–H and O–H groups in total. The third-order valence-electron chi connectivity index (χ3n) is 2.53. The lowest BCUT2D eigenvalue weighted by molar-refractivity contribution is -0.124. The summed E-state index contributed by atoms with van der Waals surface area (Å²) in [7, 11) is 0. The van der Waals surface area contributed by atoms with Crippen LogP contribution in [0.1, 0.15) is 44.9 Å². The minimum atomic E-state index is -1.61. The van der Waals surface area contributed by atoms with Gasteiger partial charge in [0.25, 0.3) is 0 Å². The summed E-state index contributed by atoms with van der Waals surface area (Å²) in [4.78, 5) is 0. The topological polar surface area (TPSA) is 40.5 Å². The first-order valence-electron chi connectivity index (χ1n) is 5.50. The van der Waals surface area contributed by atoms with Crippen LogP contribution >= 0.6 is 0 Å². The SMILES string of the molecule is OC1(O)C=CC=CCCCCCCC1. The van der Waals surface area contributed by atoms with Crippen LogP contribution in [0.25, 0.3) is 0 Å². The van der Waals surface area contributed by atoms with Crippen LogP contribution in [0.2, 0.25) is 0 Å². The van der Waals surface area contributed by atoms with Crippen molar-refractivity contribution < 1.29 is 10.2 Å². The highest BCUT2D eigenvalue weighted by molar-refractivity contribution is 5.06. The molecule has 0 spiro atoms. The number of aliphatic hydroxyl groups is 2. The summed E-state index contributed by atoms with van der Waals surface area (Å²) in [5, 5.41) is 19.0. The highest BCUT2D eigenvalue weighted by Gasteiger charge is 2.17. The van der Waals surface area contributed by atoms with Crippen LogP contribution in [0.15, 0.2) is 24.3 Å². The van der Waals surface area contributed by atoms with Crippen molar-refractivity contribution in [3.8, 4) is 0 Å². The smallest absolute Gasteiger partial charge is 0.182 e. The Morgan fingerprint density at radius 1 is 0.857 bits per heavy atom. The molecule has 0 unspecified atom stereocenters. The highest BCUT2D eigenvalue weighted by atomic mass is 16.5. The number of hydrogen-bond donors (Lipinski definition) is 2. The Kier molecular flexibility index (Phi) is 4.91. The van der Waals surface area contributed by atoms with Crippen LogP contribution in [0.4, 0.5) is 0 Å². The van der Waals surface area contributed by atoms with E-state index in [1.165, 1.54) is 25.3 Å². The van der Waals surface area contributed by atoms with E-state index >= 15 is 0 Å². The summed E-state index contributed by atoms with van der Waals surface area (Å²) in [6, 6.07) is 0. The molecule has 2 nitrogen and oxygen atoms in total. The Morgan fingerprint density at radius 3 is 2.43 bits per heavy atom. The molecule has 0 aromatic heterocycles.